The van der Waals surface area contributed by atoms with Crippen LogP contribution in [-0.4, -0.2) is 53.7 Å². The van der Waals surface area contributed by atoms with E-state index in [2.05, 4.69) is 12.1 Å². The monoisotopic (exact) mass is 465 g/mol. The van der Waals surface area contributed by atoms with Gasteiger partial charge in [0.1, 0.15) is 6.10 Å². The Morgan fingerprint density at radius 2 is 1.65 bits per heavy atom. The molecule has 6 nitrogen and oxygen atoms in total. The first-order valence-corrected chi connectivity index (χ1v) is 12.2. The van der Waals surface area contributed by atoms with Crippen LogP contribution < -0.4 is 5.46 Å². The van der Waals surface area contributed by atoms with Gasteiger partial charge in [0.15, 0.2) is 0 Å². The van der Waals surface area contributed by atoms with Crippen molar-refractivity contribution in [2.45, 2.75) is 76.7 Å². The molecule has 2 heterocycles. The highest BCUT2D eigenvalue weighted by Gasteiger charge is 2.51. The van der Waals surface area contributed by atoms with E-state index in [4.69, 9.17) is 14.0 Å². The summed E-state index contributed by atoms with van der Waals surface area (Å²) in [6.45, 7) is 10.8. The van der Waals surface area contributed by atoms with Crippen molar-refractivity contribution < 1.29 is 23.9 Å². The van der Waals surface area contributed by atoms with E-state index in [1.54, 1.807) is 4.90 Å². The lowest BCUT2D eigenvalue weighted by Gasteiger charge is -2.32. The van der Waals surface area contributed by atoms with Gasteiger partial charge in [-0.2, -0.15) is 0 Å². The molecule has 0 aromatic heterocycles. The third kappa shape index (κ3) is 4.88. The third-order valence-corrected chi connectivity index (χ3v) is 7.67. The second-order valence-corrected chi connectivity index (χ2v) is 10.4. The summed E-state index contributed by atoms with van der Waals surface area (Å²) in [6.07, 6.45) is 0.523. The van der Waals surface area contributed by atoms with E-state index < -0.39 is 7.12 Å². The van der Waals surface area contributed by atoms with Crippen molar-refractivity contribution in [1.82, 2.24) is 4.90 Å². The SMILES string of the molecule is C[C@@H](c1ccc(B2OC(C)(C)C(C)(C)O2)cc1)N1CCC(c2ccccc2)[C@@H](CCO)OC1=O. The fourth-order valence-electron chi connectivity index (χ4n) is 4.75. The molecule has 0 bridgehead atoms. The number of benzene rings is 2. The summed E-state index contributed by atoms with van der Waals surface area (Å²) in [5.41, 5.74) is 2.34. The highest BCUT2D eigenvalue weighted by atomic mass is 16.7. The Morgan fingerprint density at radius 3 is 2.24 bits per heavy atom. The molecular formula is C27H36BNO5. The lowest BCUT2D eigenvalue weighted by Crippen LogP contribution is -2.41. The van der Waals surface area contributed by atoms with Crippen LogP contribution in [0.2, 0.25) is 0 Å². The number of hydrogen-bond donors (Lipinski definition) is 1. The molecule has 0 radical (unpaired) electrons. The summed E-state index contributed by atoms with van der Waals surface area (Å²) >= 11 is 0. The summed E-state index contributed by atoms with van der Waals surface area (Å²) in [4.78, 5) is 14.9. The highest BCUT2D eigenvalue weighted by Crippen LogP contribution is 2.37. The Bertz CT molecular complexity index is 962. The zero-order valence-corrected chi connectivity index (χ0v) is 20.9. The van der Waals surface area contributed by atoms with Crippen LogP contribution >= 0.6 is 0 Å². The molecule has 0 saturated carbocycles. The summed E-state index contributed by atoms with van der Waals surface area (Å²) in [6, 6.07) is 18.1. The first-order chi connectivity index (χ1) is 16.1. The van der Waals surface area contributed by atoms with Crippen molar-refractivity contribution in [3.8, 4) is 0 Å². The van der Waals surface area contributed by atoms with Gasteiger partial charge in [0, 0.05) is 25.5 Å². The Hall–Kier alpha value is -2.35. The van der Waals surface area contributed by atoms with Crippen molar-refractivity contribution in [3.05, 3.63) is 65.7 Å². The van der Waals surface area contributed by atoms with Crippen LogP contribution in [0.1, 0.15) is 70.5 Å². The number of carbonyl (C=O) groups is 1. The molecule has 2 fully saturated rings. The van der Waals surface area contributed by atoms with Gasteiger partial charge in [-0.05, 0) is 57.6 Å². The summed E-state index contributed by atoms with van der Waals surface area (Å²) in [5.74, 6) is 0.0558. The number of cyclic esters (lactones) is 1. The number of nitrogens with zero attached hydrogens (tertiary/aromatic N) is 1. The lowest BCUT2D eigenvalue weighted by atomic mass is 9.78. The molecule has 0 aliphatic carbocycles. The number of carbonyl (C=O) groups excluding carboxylic acids is 1. The van der Waals surface area contributed by atoms with Gasteiger partial charge in [-0.3, -0.25) is 0 Å². The minimum atomic E-state index is -0.414. The minimum absolute atomic E-state index is 0.0167. The fraction of sp³-hybridized carbons (Fsp3) is 0.519. The average molecular weight is 465 g/mol. The van der Waals surface area contributed by atoms with Crippen LogP contribution in [0.15, 0.2) is 54.6 Å². The number of aliphatic hydroxyl groups is 1. The topological polar surface area (TPSA) is 68.2 Å². The summed E-state index contributed by atoms with van der Waals surface area (Å²) in [5, 5.41) is 9.57. The Morgan fingerprint density at radius 1 is 1.03 bits per heavy atom. The van der Waals surface area contributed by atoms with Crippen LogP contribution in [0.4, 0.5) is 4.79 Å². The fourth-order valence-corrected chi connectivity index (χ4v) is 4.75. The molecule has 7 heteroatoms. The molecular weight excluding hydrogens is 429 g/mol. The maximum Gasteiger partial charge on any atom is 0.494 e. The van der Waals surface area contributed by atoms with Crippen LogP contribution in [0.5, 0.6) is 0 Å². The predicted octanol–water partition coefficient (Wildman–Crippen LogP) is 4.42. The zero-order chi connectivity index (χ0) is 24.5. The summed E-state index contributed by atoms with van der Waals surface area (Å²) in [7, 11) is -0.414. The van der Waals surface area contributed by atoms with E-state index in [1.807, 2.05) is 77.1 Å². The molecule has 1 unspecified atom stereocenters. The molecule has 0 spiro atoms. The van der Waals surface area contributed by atoms with Gasteiger partial charge in [0.05, 0.1) is 17.2 Å². The molecule has 2 aliphatic heterocycles. The maximum absolute atomic E-state index is 13.1. The van der Waals surface area contributed by atoms with Crippen LogP contribution in [-0.2, 0) is 14.0 Å². The number of aliphatic hydroxyl groups excluding tert-OH is 1. The van der Waals surface area contributed by atoms with Gasteiger partial charge in [-0.1, -0.05) is 54.6 Å². The number of rotatable bonds is 6. The second kappa shape index (κ2) is 9.72. The molecule has 4 rings (SSSR count). The first kappa shape index (κ1) is 24.8. The Balaban J connectivity index is 1.49. The molecule has 182 valence electrons. The van der Waals surface area contributed by atoms with Gasteiger partial charge >= 0.3 is 13.2 Å². The van der Waals surface area contributed by atoms with E-state index in [0.29, 0.717) is 13.0 Å². The van der Waals surface area contributed by atoms with E-state index in [1.165, 1.54) is 0 Å². The molecule has 2 aliphatic rings. The first-order valence-electron chi connectivity index (χ1n) is 12.2. The van der Waals surface area contributed by atoms with E-state index in [-0.39, 0.29) is 42.0 Å². The third-order valence-electron chi connectivity index (χ3n) is 7.67. The van der Waals surface area contributed by atoms with Crippen molar-refractivity contribution in [1.29, 1.82) is 0 Å². The largest absolute Gasteiger partial charge is 0.494 e. The van der Waals surface area contributed by atoms with Crippen molar-refractivity contribution in [2.75, 3.05) is 13.2 Å². The number of ether oxygens (including phenoxy) is 1. The molecule has 3 atom stereocenters. The number of amides is 1. The highest BCUT2D eigenvalue weighted by molar-refractivity contribution is 6.62. The van der Waals surface area contributed by atoms with Crippen molar-refractivity contribution >= 4 is 18.7 Å². The maximum atomic E-state index is 13.1. The van der Waals surface area contributed by atoms with E-state index in [0.717, 1.165) is 23.0 Å². The van der Waals surface area contributed by atoms with Gasteiger partial charge in [0.2, 0.25) is 0 Å². The number of hydrogen-bond acceptors (Lipinski definition) is 5. The normalized spacial score (nSPS) is 25.1. The van der Waals surface area contributed by atoms with Crippen molar-refractivity contribution in [3.63, 3.8) is 0 Å². The Kier molecular flexibility index (Phi) is 7.08. The average Bonchev–Trinajstić information content (AvgIpc) is 2.92. The molecule has 1 N–H and O–H groups in total. The van der Waals surface area contributed by atoms with Gasteiger partial charge in [-0.15, -0.1) is 0 Å². The molecule has 34 heavy (non-hydrogen) atoms. The molecule has 1 amide bonds. The molecule has 2 saturated heterocycles. The van der Waals surface area contributed by atoms with E-state index in [9.17, 15) is 9.90 Å². The van der Waals surface area contributed by atoms with E-state index >= 15 is 0 Å². The zero-order valence-electron chi connectivity index (χ0n) is 20.9. The standard InChI is InChI=1S/C27H36BNO5/c1-19(20-11-13-22(14-12-20)28-33-26(2,3)27(4,5)34-28)29-17-15-23(21-9-7-6-8-10-21)24(16-18-30)32-25(29)31/h6-14,19,23-24,30H,15-18H2,1-5H3/t19-,23?,24+/m0/s1. The van der Waals surface area contributed by atoms with Crippen molar-refractivity contribution in [2.24, 2.45) is 0 Å². The van der Waals surface area contributed by atoms with Crippen LogP contribution in [0, 0.1) is 0 Å². The minimum Gasteiger partial charge on any atom is -0.445 e. The lowest BCUT2D eigenvalue weighted by molar-refractivity contribution is 0.00578. The molecule has 2 aromatic carbocycles. The van der Waals surface area contributed by atoms with Gasteiger partial charge < -0.3 is 24.1 Å². The van der Waals surface area contributed by atoms with Crippen LogP contribution in [0.3, 0.4) is 0 Å². The quantitative estimate of drug-likeness (QED) is 0.640. The smallest absolute Gasteiger partial charge is 0.445 e. The second-order valence-electron chi connectivity index (χ2n) is 10.4. The van der Waals surface area contributed by atoms with Gasteiger partial charge in [0.25, 0.3) is 0 Å². The summed E-state index contributed by atoms with van der Waals surface area (Å²) < 4.78 is 18.2. The van der Waals surface area contributed by atoms with Gasteiger partial charge in [-0.25, -0.2) is 4.79 Å². The molecule has 2 aromatic rings. The van der Waals surface area contributed by atoms with Crippen LogP contribution in [0.25, 0.3) is 0 Å². The predicted molar refractivity (Wildman–Crippen MR) is 133 cm³/mol. The Labute approximate surface area is 203 Å².